The van der Waals surface area contributed by atoms with Crippen LogP contribution in [-0.2, 0) is 9.47 Å². The van der Waals surface area contributed by atoms with Gasteiger partial charge < -0.3 is 14.8 Å². The van der Waals surface area contributed by atoms with E-state index in [1.54, 1.807) is 19.1 Å². The Labute approximate surface area is 144 Å². The second-order valence-corrected chi connectivity index (χ2v) is 5.95. The van der Waals surface area contributed by atoms with Gasteiger partial charge in [0.05, 0.1) is 6.61 Å². The third-order valence-electron chi connectivity index (χ3n) is 3.91. The van der Waals surface area contributed by atoms with Crippen LogP contribution in [0.1, 0.15) is 30.4 Å². The molecule has 0 bridgehead atoms. The van der Waals surface area contributed by atoms with Crippen molar-refractivity contribution in [2.45, 2.75) is 25.5 Å². The van der Waals surface area contributed by atoms with Crippen molar-refractivity contribution >= 4 is 23.4 Å². The molecule has 126 valence electrons. The number of hydrogen-bond acceptors (Lipinski definition) is 4. The molecule has 0 saturated carbocycles. The molecule has 2 atom stereocenters. The van der Waals surface area contributed by atoms with Gasteiger partial charge >= 0.3 is 6.16 Å². The van der Waals surface area contributed by atoms with Gasteiger partial charge in [-0.1, -0.05) is 23.7 Å². The van der Waals surface area contributed by atoms with Crippen LogP contribution in [0.4, 0.5) is 14.9 Å². The number of halogens is 2. The zero-order valence-corrected chi connectivity index (χ0v) is 13.8. The van der Waals surface area contributed by atoms with Gasteiger partial charge in [-0.3, -0.25) is 0 Å². The zero-order valence-electron chi connectivity index (χ0n) is 13.1. The highest BCUT2D eigenvalue weighted by molar-refractivity contribution is 6.30. The van der Waals surface area contributed by atoms with Crippen LogP contribution in [0.3, 0.4) is 0 Å². The lowest BCUT2D eigenvalue weighted by Gasteiger charge is -2.33. The van der Waals surface area contributed by atoms with Crippen LogP contribution in [0, 0.1) is 5.82 Å². The highest BCUT2D eigenvalue weighted by Crippen LogP contribution is 2.40. The number of carbonyl (C=O) groups excluding carboxylic acids is 1. The summed E-state index contributed by atoms with van der Waals surface area (Å²) in [6.07, 6.45) is -0.841. The van der Waals surface area contributed by atoms with E-state index in [-0.39, 0.29) is 18.3 Å². The molecule has 0 amide bonds. The first kappa shape index (κ1) is 16.6. The van der Waals surface area contributed by atoms with Crippen molar-refractivity contribution in [2.24, 2.45) is 0 Å². The number of nitrogens with one attached hydrogen (secondary N) is 1. The average Bonchev–Trinajstić information content (AvgIpc) is 2.54. The first-order chi connectivity index (χ1) is 11.6. The summed E-state index contributed by atoms with van der Waals surface area (Å²) in [6, 6.07) is 11.8. The molecular formula is C18H17ClFNO3. The lowest BCUT2D eigenvalue weighted by molar-refractivity contribution is 0.0301. The molecule has 24 heavy (non-hydrogen) atoms. The minimum atomic E-state index is -0.731. The Morgan fingerprint density at radius 2 is 2.17 bits per heavy atom. The van der Waals surface area contributed by atoms with E-state index in [4.69, 9.17) is 21.1 Å². The van der Waals surface area contributed by atoms with Crippen molar-refractivity contribution in [1.29, 1.82) is 0 Å². The minimum Gasteiger partial charge on any atom is -0.435 e. The summed E-state index contributed by atoms with van der Waals surface area (Å²) in [4.78, 5) is 11.6. The third kappa shape index (κ3) is 3.62. The van der Waals surface area contributed by atoms with Gasteiger partial charge in [0.25, 0.3) is 0 Å². The Bertz CT molecular complexity index is 753. The quantitative estimate of drug-likeness (QED) is 0.798. The molecule has 2 aromatic carbocycles. The third-order valence-corrected chi connectivity index (χ3v) is 4.14. The Morgan fingerprint density at radius 3 is 2.92 bits per heavy atom. The molecule has 1 aliphatic rings. The number of rotatable bonds is 3. The molecule has 0 aliphatic carbocycles. The number of fused-ring (bicyclic) bond motifs is 1. The molecule has 0 radical (unpaired) electrons. The van der Waals surface area contributed by atoms with Gasteiger partial charge in [0.15, 0.2) is 6.23 Å². The second-order valence-electron chi connectivity index (χ2n) is 5.51. The first-order valence-corrected chi connectivity index (χ1v) is 8.09. The van der Waals surface area contributed by atoms with Gasteiger partial charge in [0.2, 0.25) is 0 Å². The molecule has 0 aromatic heterocycles. The fourth-order valence-electron chi connectivity index (χ4n) is 2.91. The number of anilines is 1. The first-order valence-electron chi connectivity index (χ1n) is 7.71. The molecule has 1 N–H and O–H groups in total. The van der Waals surface area contributed by atoms with Gasteiger partial charge in [-0.2, -0.15) is 0 Å². The molecule has 0 fully saturated rings. The van der Waals surface area contributed by atoms with Crippen molar-refractivity contribution in [2.75, 3.05) is 11.9 Å². The lowest BCUT2D eigenvalue weighted by atomic mass is 9.84. The minimum absolute atomic E-state index is 0.143. The van der Waals surface area contributed by atoms with E-state index in [0.717, 1.165) is 16.8 Å². The molecule has 1 heterocycles. The fourth-order valence-corrected chi connectivity index (χ4v) is 3.09. The van der Waals surface area contributed by atoms with Crippen molar-refractivity contribution in [3.05, 3.63) is 64.4 Å². The summed E-state index contributed by atoms with van der Waals surface area (Å²) < 4.78 is 23.8. The molecule has 1 aliphatic heterocycles. The normalized spacial score (nSPS) is 19.1. The van der Waals surface area contributed by atoms with Crippen LogP contribution < -0.4 is 5.32 Å². The van der Waals surface area contributed by atoms with E-state index in [9.17, 15) is 9.18 Å². The van der Waals surface area contributed by atoms with E-state index >= 15 is 0 Å². The highest BCUT2D eigenvalue weighted by atomic mass is 35.5. The summed E-state index contributed by atoms with van der Waals surface area (Å²) in [5, 5.41) is 3.75. The molecule has 2 unspecified atom stereocenters. The van der Waals surface area contributed by atoms with E-state index < -0.39 is 12.4 Å². The maximum atomic E-state index is 13.6. The van der Waals surface area contributed by atoms with Gasteiger partial charge in [-0.25, -0.2) is 9.18 Å². The van der Waals surface area contributed by atoms with E-state index in [0.29, 0.717) is 11.4 Å². The number of carbonyl (C=O) groups is 1. The molecule has 0 spiro atoms. The molecule has 3 rings (SSSR count). The predicted molar refractivity (Wildman–Crippen MR) is 89.8 cm³/mol. The van der Waals surface area contributed by atoms with Crippen LogP contribution in [0.2, 0.25) is 5.02 Å². The van der Waals surface area contributed by atoms with Crippen LogP contribution in [-0.4, -0.2) is 19.0 Å². The molecule has 4 nitrogen and oxygen atoms in total. The summed E-state index contributed by atoms with van der Waals surface area (Å²) in [7, 11) is 0. The van der Waals surface area contributed by atoms with Gasteiger partial charge in [0, 0.05) is 23.0 Å². The van der Waals surface area contributed by atoms with Crippen LogP contribution in [0.5, 0.6) is 0 Å². The predicted octanol–water partition coefficient (Wildman–Crippen LogP) is 4.93. The number of ether oxygens (including phenoxy) is 2. The van der Waals surface area contributed by atoms with Gasteiger partial charge in [-0.15, -0.1) is 0 Å². The maximum Gasteiger partial charge on any atom is 0.510 e. The van der Waals surface area contributed by atoms with E-state index in [2.05, 4.69) is 5.32 Å². The Kier molecular flexibility index (Phi) is 4.90. The molecule has 6 heteroatoms. The van der Waals surface area contributed by atoms with Crippen LogP contribution in [0.15, 0.2) is 42.5 Å². The maximum absolute atomic E-state index is 13.6. The van der Waals surface area contributed by atoms with Crippen molar-refractivity contribution < 1.29 is 18.7 Å². The topological polar surface area (TPSA) is 47.6 Å². The standard InChI is InChI=1S/C18H17ClFNO3/c1-2-23-18(22)24-17-10-14(11-4-3-5-13(20)8-11)15-9-12(19)6-7-16(15)21-17/h3-9,14,17,21H,2,10H2,1H3. The fraction of sp³-hybridized carbons (Fsp3) is 0.278. The monoisotopic (exact) mass is 349 g/mol. The molecule has 0 saturated heterocycles. The summed E-state index contributed by atoms with van der Waals surface area (Å²) >= 11 is 6.12. The molecule has 2 aromatic rings. The van der Waals surface area contributed by atoms with E-state index in [1.807, 2.05) is 18.2 Å². The lowest BCUT2D eigenvalue weighted by Crippen LogP contribution is -2.33. The smallest absolute Gasteiger partial charge is 0.435 e. The zero-order chi connectivity index (χ0) is 17.1. The Balaban J connectivity index is 1.93. The Hall–Kier alpha value is -2.27. The van der Waals surface area contributed by atoms with Gasteiger partial charge in [0.1, 0.15) is 5.82 Å². The van der Waals surface area contributed by atoms with Gasteiger partial charge in [-0.05, 0) is 48.4 Å². The van der Waals surface area contributed by atoms with E-state index in [1.165, 1.54) is 12.1 Å². The average molecular weight is 350 g/mol. The number of benzene rings is 2. The molecular weight excluding hydrogens is 333 g/mol. The number of hydrogen-bond donors (Lipinski definition) is 1. The van der Waals surface area contributed by atoms with Crippen LogP contribution in [0.25, 0.3) is 0 Å². The van der Waals surface area contributed by atoms with Crippen molar-refractivity contribution in [3.63, 3.8) is 0 Å². The summed E-state index contributed by atoms with van der Waals surface area (Å²) in [5.41, 5.74) is 2.54. The summed E-state index contributed by atoms with van der Waals surface area (Å²) in [5.74, 6) is -0.451. The summed E-state index contributed by atoms with van der Waals surface area (Å²) in [6.45, 7) is 1.95. The SMILES string of the molecule is CCOC(=O)OC1CC(c2cccc(F)c2)c2cc(Cl)ccc2N1. The second kappa shape index (κ2) is 7.09. The Morgan fingerprint density at radius 1 is 1.33 bits per heavy atom. The van der Waals surface area contributed by atoms with Crippen LogP contribution >= 0.6 is 11.6 Å². The van der Waals surface area contributed by atoms with Crippen molar-refractivity contribution in [3.8, 4) is 0 Å². The largest absolute Gasteiger partial charge is 0.510 e. The van der Waals surface area contributed by atoms with Crippen molar-refractivity contribution in [1.82, 2.24) is 0 Å². The highest BCUT2D eigenvalue weighted by Gasteiger charge is 2.30.